The molecule has 0 aliphatic heterocycles. The first-order valence-electron chi connectivity index (χ1n) is 7.10. The number of fused-ring (bicyclic) bond motifs is 1. The Balaban J connectivity index is 1.71. The number of rotatable bonds is 2. The van der Waals surface area contributed by atoms with Crippen LogP contribution in [-0.2, 0) is 12.8 Å². The molecule has 3 rings (SSSR count). The second-order valence-corrected chi connectivity index (χ2v) is 5.43. The summed E-state index contributed by atoms with van der Waals surface area (Å²) in [5.74, 6) is -0.0503. The van der Waals surface area contributed by atoms with Crippen molar-refractivity contribution in [1.82, 2.24) is 15.3 Å². The van der Waals surface area contributed by atoms with Gasteiger partial charge in [0.15, 0.2) is 0 Å². The Morgan fingerprint density at radius 1 is 1.29 bits per heavy atom. The first kappa shape index (κ1) is 13.5. The van der Waals surface area contributed by atoms with E-state index in [1.165, 1.54) is 11.1 Å². The van der Waals surface area contributed by atoms with E-state index in [1.54, 1.807) is 13.0 Å². The summed E-state index contributed by atoms with van der Waals surface area (Å²) in [6.45, 7) is 1.80. The monoisotopic (exact) mass is 282 g/mol. The van der Waals surface area contributed by atoms with Crippen LogP contribution < -0.4 is 11.1 Å². The van der Waals surface area contributed by atoms with Crippen molar-refractivity contribution in [1.29, 1.82) is 0 Å². The molecule has 1 aliphatic carbocycles. The molecular weight excluding hydrogens is 264 g/mol. The minimum atomic E-state index is -0.184. The fourth-order valence-electron chi connectivity index (χ4n) is 2.79. The second kappa shape index (κ2) is 5.52. The van der Waals surface area contributed by atoms with Crippen LogP contribution in [0.5, 0.6) is 0 Å². The minimum Gasteiger partial charge on any atom is -0.368 e. The van der Waals surface area contributed by atoms with Crippen molar-refractivity contribution in [3.05, 3.63) is 52.8 Å². The fourth-order valence-corrected chi connectivity index (χ4v) is 2.79. The van der Waals surface area contributed by atoms with Gasteiger partial charge in [0.05, 0.1) is 0 Å². The third-order valence-electron chi connectivity index (χ3n) is 3.79. The number of benzene rings is 1. The molecule has 1 amide bonds. The van der Waals surface area contributed by atoms with E-state index in [4.69, 9.17) is 5.73 Å². The van der Waals surface area contributed by atoms with Gasteiger partial charge in [0.25, 0.3) is 5.91 Å². The number of nitrogens with two attached hydrogens (primary N) is 1. The van der Waals surface area contributed by atoms with Gasteiger partial charge in [-0.05, 0) is 43.4 Å². The lowest BCUT2D eigenvalue weighted by Gasteiger charge is -2.25. The molecule has 0 spiro atoms. The Hall–Kier alpha value is -2.43. The highest BCUT2D eigenvalue weighted by atomic mass is 16.1. The van der Waals surface area contributed by atoms with Crippen LogP contribution >= 0.6 is 0 Å². The molecule has 1 aliphatic rings. The lowest BCUT2D eigenvalue weighted by molar-refractivity contribution is 0.0928. The Bertz CT molecular complexity index is 663. The molecule has 2 aromatic rings. The number of carbonyl (C=O) groups excluding carboxylic acids is 1. The summed E-state index contributed by atoms with van der Waals surface area (Å²) < 4.78 is 0. The first-order chi connectivity index (χ1) is 10.1. The van der Waals surface area contributed by atoms with Gasteiger partial charge in [-0.15, -0.1) is 0 Å². The summed E-state index contributed by atoms with van der Waals surface area (Å²) in [4.78, 5) is 20.3. The van der Waals surface area contributed by atoms with Crippen LogP contribution in [0.4, 0.5) is 5.95 Å². The molecule has 0 unspecified atom stereocenters. The Morgan fingerprint density at radius 3 is 2.81 bits per heavy atom. The maximum atomic E-state index is 12.3. The average Bonchev–Trinajstić information content (AvgIpc) is 2.46. The number of hydrogen-bond donors (Lipinski definition) is 2. The van der Waals surface area contributed by atoms with Crippen LogP contribution in [0.25, 0.3) is 0 Å². The molecule has 108 valence electrons. The maximum absolute atomic E-state index is 12.3. The van der Waals surface area contributed by atoms with Gasteiger partial charge in [0, 0.05) is 11.7 Å². The van der Waals surface area contributed by atoms with Crippen molar-refractivity contribution < 1.29 is 4.79 Å². The highest BCUT2D eigenvalue weighted by Crippen LogP contribution is 2.21. The van der Waals surface area contributed by atoms with Crippen molar-refractivity contribution in [3.8, 4) is 0 Å². The molecule has 5 heteroatoms. The Kier molecular flexibility index (Phi) is 3.56. The normalized spacial score (nSPS) is 17.1. The van der Waals surface area contributed by atoms with E-state index in [1.807, 2.05) is 6.07 Å². The van der Waals surface area contributed by atoms with Crippen LogP contribution in [0.15, 0.2) is 30.3 Å². The van der Waals surface area contributed by atoms with Crippen LogP contribution in [-0.4, -0.2) is 21.9 Å². The number of aryl methyl sites for hydroxylation is 2. The van der Waals surface area contributed by atoms with E-state index < -0.39 is 0 Å². The third-order valence-corrected chi connectivity index (χ3v) is 3.79. The van der Waals surface area contributed by atoms with Gasteiger partial charge in [-0.3, -0.25) is 4.79 Å². The molecule has 0 bridgehead atoms. The molecule has 0 fully saturated rings. The molecule has 1 atom stereocenters. The van der Waals surface area contributed by atoms with E-state index in [2.05, 4.69) is 33.5 Å². The van der Waals surface area contributed by atoms with Crippen molar-refractivity contribution in [2.75, 3.05) is 5.73 Å². The Morgan fingerprint density at radius 2 is 2.05 bits per heavy atom. The number of nitrogens with one attached hydrogen (secondary N) is 1. The number of nitrogens with zero attached hydrogens (tertiary/aromatic N) is 2. The smallest absolute Gasteiger partial charge is 0.270 e. The summed E-state index contributed by atoms with van der Waals surface area (Å²) in [5, 5.41) is 3.05. The summed E-state index contributed by atoms with van der Waals surface area (Å²) in [6, 6.07) is 10.2. The molecule has 0 radical (unpaired) electrons. The number of amides is 1. The minimum absolute atomic E-state index is 0.133. The molecule has 21 heavy (non-hydrogen) atoms. The largest absolute Gasteiger partial charge is 0.368 e. The molecule has 1 heterocycles. The van der Waals surface area contributed by atoms with E-state index in [0.29, 0.717) is 11.4 Å². The van der Waals surface area contributed by atoms with Crippen molar-refractivity contribution in [2.45, 2.75) is 32.2 Å². The van der Waals surface area contributed by atoms with Crippen molar-refractivity contribution in [3.63, 3.8) is 0 Å². The number of hydrogen-bond acceptors (Lipinski definition) is 4. The SMILES string of the molecule is Cc1cc(C(=O)N[C@@H]2CCc3ccccc3C2)nc(N)n1. The third kappa shape index (κ3) is 3.02. The average molecular weight is 282 g/mol. The number of aromatic nitrogens is 2. The van der Waals surface area contributed by atoms with Crippen LogP contribution in [0.3, 0.4) is 0 Å². The van der Waals surface area contributed by atoms with E-state index in [9.17, 15) is 4.79 Å². The van der Waals surface area contributed by atoms with E-state index in [-0.39, 0.29) is 17.9 Å². The van der Waals surface area contributed by atoms with Gasteiger partial charge >= 0.3 is 0 Å². The summed E-state index contributed by atoms with van der Waals surface area (Å²) in [7, 11) is 0. The first-order valence-corrected chi connectivity index (χ1v) is 7.10. The van der Waals surface area contributed by atoms with Gasteiger partial charge < -0.3 is 11.1 Å². The maximum Gasteiger partial charge on any atom is 0.270 e. The number of carbonyl (C=O) groups is 1. The van der Waals surface area contributed by atoms with Gasteiger partial charge in [-0.1, -0.05) is 24.3 Å². The molecule has 0 saturated heterocycles. The lowest BCUT2D eigenvalue weighted by Crippen LogP contribution is -2.39. The quantitative estimate of drug-likeness (QED) is 0.877. The molecule has 5 nitrogen and oxygen atoms in total. The van der Waals surface area contributed by atoms with Gasteiger partial charge in [0.1, 0.15) is 5.69 Å². The summed E-state index contributed by atoms with van der Waals surface area (Å²) in [5.41, 5.74) is 9.31. The van der Waals surface area contributed by atoms with Gasteiger partial charge in [0.2, 0.25) is 5.95 Å². The predicted molar refractivity (Wildman–Crippen MR) is 80.9 cm³/mol. The Labute approximate surface area is 123 Å². The van der Waals surface area contributed by atoms with Gasteiger partial charge in [-0.25, -0.2) is 9.97 Å². The zero-order valence-electron chi connectivity index (χ0n) is 12.0. The molecule has 3 N–H and O–H groups in total. The van der Waals surface area contributed by atoms with E-state index in [0.717, 1.165) is 19.3 Å². The van der Waals surface area contributed by atoms with Crippen LogP contribution in [0, 0.1) is 6.92 Å². The predicted octanol–water partition coefficient (Wildman–Crippen LogP) is 1.65. The van der Waals surface area contributed by atoms with Crippen molar-refractivity contribution in [2.24, 2.45) is 0 Å². The highest BCUT2D eigenvalue weighted by molar-refractivity contribution is 5.92. The topological polar surface area (TPSA) is 80.9 Å². The highest BCUT2D eigenvalue weighted by Gasteiger charge is 2.21. The fraction of sp³-hybridized carbons (Fsp3) is 0.312. The second-order valence-electron chi connectivity index (χ2n) is 5.43. The van der Waals surface area contributed by atoms with Crippen LogP contribution in [0.1, 0.15) is 33.7 Å². The van der Waals surface area contributed by atoms with Gasteiger partial charge in [-0.2, -0.15) is 0 Å². The molecule has 1 aromatic carbocycles. The number of anilines is 1. The lowest BCUT2D eigenvalue weighted by atomic mass is 9.88. The summed E-state index contributed by atoms with van der Waals surface area (Å²) >= 11 is 0. The zero-order chi connectivity index (χ0) is 14.8. The molecular formula is C16H18N4O. The summed E-state index contributed by atoms with van der Waals surface area (Å²) in [6.07, 6.45) is 2.80. The van der Waals surface area contributed by atoms with Crippen molar-refractivity contribution >= 4 is 11.9 Å². The number of nitrogen functional groups attached to an aromatic ring is 1. The zero-order valence-corrected chi connectivity index (χ0v) is 12.0. The van der Waals surface area contributed by atoms with E-state index >= 15 is 0 Å². The molecule has 1 aromatic heterocycles. The van der Waals surface area contributed by atoms with Crippen LogP contribution in [0.2, 0.25) is 0 Å². The standard InChI is InChI=1S/C16H18N4O/c1-10-8-14(20-16(17)18-10)15(21)19-13-7-6-11-4-2-3-5-12(11)9-13/h2-5,8,13H,6-7,9H2,1H3,(H,19,21)(H2,17,18,20)/t13-/m1/s1. The molecule has 0 saturated carbocycles.